The van der Waals surface area contributed by atoms with Crippen LogP contribution in [0.25, 0.3) is 6.08 Å². The summed E-state index contributed by atoms with van der Waals surface area (Å²) in [5.41, 5.74) is 1.69. The smallest absolute Gasteiger partial charge is 0.345 e. The number of carbonyl (C=O) groups excluding carboxylic acids is 3. The Kier molecular flexibility index (Phi) is 7.95. The first kappa shape index (κ1) is 25.0. The van der Waals surface area contributed by atoms with Gasteiger partial charge in [-0.3, -0.25) is 14.5 Å². The quantitative estimate of drug-likeness (QED) is 0.173. The predicted molar refractivity (Wildman–Crippen MR) is 140 cm³/mol. The van der Waals surface area contributed by atoms with E-state index in [-0.39, 0.29) is 34.0 Å². The lowest BCUT2D eigenvalue weighted by Crippen LogP contribution is -2.27. The van der Waals surface area contributed by atoms with Crippen molar-refractivity contribution in [2.24, 2.45) is 0 Å². The maximum Gasteiger partial charge on any atom is 0.345 e. The minimum absolute atomic E-state index is 0.186. The molecule has 3 aromatic rings. The molecule has 0 aromatic heterocycles. The highest BCUT2D eigenvalue weighted by molar-refractivity contribution is 9.10. The molecular weight excluding hydrogens is 554 g/mol. The van der Waals surface area contributed by atoms with Crippen molar-refractivity contribution in [2.45, 2.75) is 13.5 Å². The molecule has 0 atom stereocenters. The number of halogens is 2. The van der Waals surface area contributed by atoms with E-state index < -0.39 is 5.97 Å². The highest BCUT2D eigenvalue weighted by Gasteiger charge is 2.35. The number of imide groups is 1. The number of hydrogen-bond acceptors (Lipinski definition) is 6. The molecule has 4 rings (SSSR count). The Morgan fingerprint density at radius 1 is 1.09 bits per heavy atom. The van der Waals surface area contributed by atoms with Gasteiger partial charge in [-0.2, -0.15) is 0 Å². The molecule has 0 unspecified atom stereocenters. The van der Waals surface area contributed by atoms with Crippen LogP contribution in [-0.2, 0) is 11.3 Å². The second kappa shape index (κ2) is 11.1. The van der Waals surface area contributed by atoms with Crippen molar-refractivity contribution in [1.82, 2.24) is 4.90 Å². The zero-order valence-electron chi connectivity index (χ0n) is 18.5. The van der Waals surface area contributed by atoms with E-state index in [4.69, 9.17) is 21.1 Å². The highest BCUT2D eigenvalue weighted by atomic mass is 79.9. The molecule has 0 aliphatic carbocycles. The molecule has 3 aromatic carbocycles. The molecule has 9 heteroatoms. The first-order valence-corrected chi connectivity index (χ1v) is 12.6. The Morgan fingerprint density at radius 2 is 1.80 bits per heavy atom. The molecule has 1 fully saturated rings. The van der Waals surface area contributed by atoms with Gasteiger partial charge in [-0.1, -0.05) is 54.1 Å². The van der Waals surface area contributed by atoms with Crippen LogP contribution in [0.15, 0.2) is 76.1 Å². The van der Waals surface area contributed by atoms with E-state index >= 15 is 0 Å². The van der Waals surface area contributed by atoms with Gasteiger partial charge >= 0.3 is 5.97 Å². The summed E-state index contributed by atoms with van der Waals surface area (Å²) in [5, 5.41) is -0.0612. The summed E-state index contributed by atoms with van der Waals surface area (Å²) in [6.45, 7) is 2.32. The third-order valence-electron chi connectivity index (χ3n) is 4.98. The maximum atomic E-state index is 12.9. The third kappa shape index (κ3) is 5.78. The number of rotatable bonds is 7. The topological polar surface area (TPSA) is 72.9 Å². The molecule has 0 saturated carbocycles. The van der Waals surface area contributed by atoms with Gasteiger partial charge in [0.05, 0.1) is 33.1 Å². The molecule has 0 bridgehead atoms. The normalized spacial score (nSPS) is 14.5. The number of nitrogens with zero attached hydrogens (tertiary/aromatic N) is 1. The Morgan fingerprint density at radius 3 is 2.51 bits per heavy atom. The molecule has 1 aliphatic rings. The summed E-state index contributed by atoms with van der Waals surface area (Å²) in [5.74, 6) is -0.512. The summed E-state index contributed by atoms with van der Waals surface area (Å²) >= 11 is 10.4. The molecule has 2 amide bonds. The number of thioether (sulfide) groups is 1. The second-order valence-corrected chi connectivity index (χ2v) is 9.64. The molecule has 178 valence electrons. The zero-order chi connectivity index (χ0) is 24.9. The Bertz CT molecular complexity index is 1330. The Hall–Kier alpha value is -3.07. The maximum absolute atomic E-state index is 12.9. The van der Waals surface area contributed by atoms with Crippen LogP contribution in [0.3, 0.4) is 0 Å². The van der Waals surface area contributed by atoms with Gasteiger partial charge in [-0.25, -0.2) is 4.79 Å². The van der Waals surface area contributed by atoms with Gasteiger partial charge < -0.3 is 9.47 Å². The molecule has 1 saturated heterocycles. The molecule has 6 nitrogen and oxygen atoms in total. The fourth-order valence-electron chi connectivity index (χ4n) is 3.36. The minimum atomic E-state index is -0.632. The van der Waals surface area contributed by atoms with E-state index in [0.717, 1.165) is 17.3 Å². The number of ether oxygens (including phenoxy) is 2. The van der Waals surface area contributed by atoms with E-state index in [1.54, 1.807) is 49.4 Å². The monoisotopic (exact) mass is 571 g/mol. The summed E-state index contributed by atoms with van der Waals surface area (Å²) in [4.78, 5) is 39.6. The molecule has 1 heterocycles. The predicted octanol–water partition coefficient (Wildman–Crippen LogP) is 6.96. The average Bonchev–Trinajstić information content (AvgIpc) is 3.09. The van der Waals surface area contributed by atoms with Crippen molar-refractivity contribution in [3.8, 4) is 11.5 Å². The lowest BCUT2D eigenvalue weighted by Gasteiger charge is -2.14. The number of carbonyl (C=O) groups is 3. The van der Waals surface area contributed by atoms with Gasteiger partial charge in [-0.05, 0) is 76.1 Å². The van der Waals surface area contributed by atoms with Crippen molar-refractivity contribution in [1.29, 1.82) is 0 Å². The molecule has 0 N–H and O–H groups in total. The van der Waals surface area contributed by atoms with E-state index in [1.807, 2.05) is 30.3 Å². The lowest BCUT2D eigenvalue weighted by molar-refractivity contribution is -0.123. The molecule has 0 spiro atoms. The van der Waals surface area contributed by atoms with Crippen LogP contribution in [0, 0.1) is 0 Å². The number of benzene rings is 3. The first-order valence-electron chi connectivity index (χ1n) is 10.6. The molecule has 35 heavy (non-hydrogen) atoms. The van der Waals surface area contributed by atoms with Crippen molar-refractivity contribution < 1.29 is 23.9 Å². The first-order chi connectivity index (χ1) is 16.9. The van der Waals surface area contributed by atoms with Gasteiger partial charge in [0.15, 0.2) is 11.5 Å². The lowest BCUT2D eigenvalue weighted by atomic mass is 10.1. The number of esters is 1. The van der Waals surface area contributed by atoms with Gasteiger partial charge in [0.25, 0.3) is 11.1 Å². The van der Waals surface area contributed by atoms with E-state index in [0.29, 0.717) is 27.3 Å². The highest BCUT2D eigenvalue weighted by Crippen LogP contribution is 2.40. The van der Waals surface area contributed by atoms with Gasteiger partial charge in [0, 0.05) is 0 Å². The summed E-state index contributed by atoms with van der Waals surface area (Å²) in [7, 11) is 0. The van der Waals surface area contributed by atoms with Crippen LogP contribution in [-0.4, -0.2) is 28.6 Å². The fourth-order valence-corrected chi connectivity index (χ4v) is 4.95. The molecular formula is C26H19BrClNO5S. The summed E-state index contributed by atoms with van der Waals surface area (Å²) < 4.78 is 11.7. The van der Waals surface area contributed by atoms with Crippen LogP contribution < -0.4 is 9.47 Å². The Labute approximate surface area is 220 Å². The molecule has 0 radical (unpaired) electrons. The summed E-state index contributed by atoms with van der Waals surface area (Å²) in [6.07, 6.45) is 1.61. The third-order valence-corrected chi connectivity index (χ3v) is 6.80. The van der Waals surface area contributed by atoms with Crippen LogP contribution in [0.5, 0.6) is 11.5 Å². The van der Waals surface area contributed by atoms with E-state index in [9.17, 15) is 14.4 Å². The van der Waals surface area contributed by atoms with E-state index in [1.165, 1.54) is 4.90 Å². The van der Waals surface area contributed by atoms with E-state index in [2.05, 4.69) is 15.9 Å². The standard InChI is InChI=1S/C26H19BrClNO5S/c1-2-33-21-13-17(12-19(27)23(21)34-25(31)18-10-6-7-11-20(18)28)14-22-24(30)29(26(32)35-22)15-16-8-4-3-5-9-16/h3-14H,2,15H2,1H3/b22-14-. The number of hydrogen-bond donors (Lipinski definition) is 0. The Balaban J connectivity index is 1.60. The van der Waals surface area contributed by atoms with Crippen molar-refractivity contribution >= 4 is 62.5 Å². The van der Waals surface area contributed by atoms with Crippen LogP contribution >= 0.6 is 39.3 Å². The van der Waals surface area contributed by atoms with Crippen molar-refractivity contribution in [3.63, 3.8) is 0 Å². The summed E-state index contributed by atoms with van der Waals surface area (Å²) in [6, 6.07) is 19.2. The largest absolute Gasteiger partial charge is 0.490 e. The van der Waals surface area contributed by atoms with Crippen molar-refractivity contribution in [3.05, 3.63) is 97.8 Å². The fraction of sp³-hybridized carbons (Fsp3) is 0.115. The van der Waals surface area contributed by atoms with Crippen LogP contribution in [0.1, 0.15) is 28.4 Å². The van der Waals surface area contributed by atoms with Crippen molar-refractivity contribution in [2.75, 3.05) is 6.61 Å². The van der Waals surface area contributed by atoms with Gasteiger partial charge in [0.1, 0.15) is 0 Å². The zero-order valence-corrected chi connectivity index (χ0v) is 21.7. The molecule has 1 aliphatic heterocycles. The van der Waals surface area contributed by atoms with Crippen LogP contribution in [0.2, 0.25) is 5.02 Å². The average molecular weight is 573 g/mol. The van der Waals surface area contributed by atoms with Crippen LogP contribution in [0.4, 0.5) is 4.79 Å². The van der Waals surface area contributed by atoms with Gasteiger partial charge in [0.2, 0.25) is 0 Å². The minimum Gasteiger partial charge on any atom is -0.490 e. The van der Waals surface area contributed by atoms with Gasteiger partial charge in [-0.15, -0.1) is 0 Å². The number of amides is 2. The second-order valence-electron chi connectivity index (χ2n) is 7.39. The SMILES string of the molecule is CCOc1cc(/C=C2\SC(=O)N(Cc3ccccc3)C2=O)cc(Br)c1OC(=O)c1ccccc1Cl.